The van der Waals surface area contributed by atoms with Crippen LogP contribution >= 0.6 is 0 Å². The van der Waals surface area contributed by atoms with Crippen molar-refractivity contribution in [3.63, 3.8) is 0 Å². The maximum Gasteiger partial charge on any atom is 0.266 e. The van der Waals surface area contributed by atoms with Gasteiger partial charge in [0.2, 0.25) is 0 Å². The fraction of sp³-hybridized carbons (Fsp3) is 0.0625. The molecule has 5 nitrogen and oxygen atoms in total. The number of carbonyl (C=O) groups excluding carboxylic acids is 2. The molecular weight excluding hydrogens is 268 g/mol. The molecule has 0 saturated carbocycles. The van der Waals surface area contributed by atoms with Crippen molar-refractivity contribution in [1.82, 2.24) is 0 Å². The lowest BCUT2D eigenvalue weighted by atomic mass is 10.1. The van der Waals surface area contributed by atoms with E-state index in [1.54, 1.807) is 55.5 Å². The van der Waals surface area contributed by atoms with Crippen molar-refractivity contribution >= 4 is 23.2 Å². The highest BCUT2D eigenvalue weighted by Crippen LogP contribution is 2.28. The molecule has 0 fully saturated rings. The van der Waals surface area contributed by atoms with Crippen molar-refractivity contribution in [2.75, 3.05) is 4.90 Å². The maximum atomic E-state index is 12.3. The predicted molar refractivity (Wildman–Crippen MR) is 78.0 cm³/mol. The van der Waals surface area contributed by atoms with Gasteiger partial charge in [-0.1, -0.05) is 29.4 Å². The number of imide groups is 1. The van der Waals surface area contributed by atoms with Crippen LogP contribution in [-0.4, -0.2) is 22.7 Å². The zero-order chi connectivity index (χ0) is 15.0. The summed E-state index contributed by atoms with van der Waals surface area (Å²) in [5.74, 6) is -0.646. The molecule has 0 saturated heterocycles. The normalized spacial score (nSPS) is 14.5. The second-order valence-corrected chi connectivity index (χ2v) is 4.72. The molecule has 2 aromatic rings. The summed E-state index contributed by atoms with van der Waals surface area (Å²) in [6.07, 6.45) is 0. The van der Waals surface area contributed by atoms with E-state index in [9.17, 15) is 9.59 Å². The van der Waals surface area contributed by atoms with Crippen LogP contribution in [0.1, 0.15) is 33.2 Å². The van der Waals surface area contributed by atoms with E-state index in [0.29, 0.717) is 22.5 Å². The average molecular weight is 280 g/mol. The number of anilines is 1. The molecule has 1 aliphatic rings. The lowest BCUT2D eigenvalue weighted by Gasteiger charge is -2.14. The number of carbonyl (C=O) groups is 2. The summed E-state index contributed by atoms with van der Waals surface area (Å²) in [6, 6.07) is 13.5. The molecule has 2 aromatic carbocycles. The van der Waals surface area contributed by atoms with Gasteiger partial charge in [0, 0.05) is 0 Å². The molecule has 21 heavy (non-hydrogen) atoms. The van der Waals surface area contributed by atoms with Crippen LogP contribution in [0.15, 0.2) is 53.7 Å². The molecule has 0 atom stereocenters. The van der Waals surface area contributed by atoms with Gasteiger partial charge in [-0.05, 0) is 36.8 Å². The van der Waals surface area contributed by atoms with Crippen molar-refractivity contribution in [3.05, 3.63) is 65.2 Å². The Hall–Kier alpha value is -2.95. The second kappa shape index (κ2) is 4.86. The summed E-state index contributed by atoms with van der Waals surface area (Å²) in [6.45, 7) is 1.66. The van der Waals surface area contributed by atoms with Crippen LogP contribution < -0.4 is 4.90 Å². The third-order valence-electron chi connectivity index (χ3n) is 3.49. The Labute approximate surface area is 121 Å². The zero-order valence-corrected chi connectivity index (χ0v) is 11.3. The van der Waals surface area contributed by atoms with Gasteiger partial charge < -0.3 is 5.21 Å². The lowest BCUT2D eigenvalue weighted by molar-refractivity contribution is 0.0926. The van der Waals surface area contributed by atoms with Gasteiger partial charge in [-0.15, -0.1) is 0 Å². The predicted octanol–water partition coefficient (Wildman–Crippen LogP) is 2.69. The summed E-state index contributed by atoms with van der Waals surface area (Å²) in [7, 11) is 0. The number of fused-ring (bicyclic) bond motifs is 1. The van der Waals surface area contributed by atoms with E-state index in [1.807, 2.05) is 0 Å². The highest BCUT2D eigenvalue weighted by atomic mass is 16.4. The highest BCUT2D eigenvalue weighted by molar-refractivity contribution is 6.34. The molecule has 0 bridgehead atoms. The van der Waals surface area contributed by atoms with Gasteiger partial charge in [-0.25, -0.2) is 4.90 Å². The Kier molecular flexibility index (Phi) is 3.02. The van der Waals surface area contributed by atoms with Crippen LogP contribution in [0.4, 0.5) is 5.69 Å². The number of nitrogens with zero attached hydrogens (tertiary/aromatic N) is 2. The Morgan fingerprint density at radius 3 is 1.95 bits per heavy atom. The Balaban J connectivity index is 1.99. The molecule has 2 amide bonds. The third-order valence-corrected chi connectivity index (χ3v) is 3.49. The largest absolute Gasteiger partial charge is 0.411 e. The van der Waals surface area contributed by atoms with Gasteiger partial charge in [-0.2, -0.15) is 0 Å². The fourth-order valence-corrected chi connectivity index (χ4v) is 2.33. The number of oxime groups is 1. The van der Waals surface area contributed by atoms with Crippen LogP contribution in [0, 0.1) is 0 Å². The Morgan fingerprint density at radius 2 is 1.48 bits per heavy atom. The summed E-state index contributed by atoms with van der Waals surface area (Å²) in [5, 5.41) is 11.9. The minimum atomic E-state index is -0.323. The fourth-order valence-electron chi connectivity index (χ4n) is 2.33. The molecule has 0 spiro atoms. The van der Waals surface area contributed by atoms with E-state index in [0.717, 1.165) is 10.5 Å². The van der Waals surface area contributed by atoms with Gasteiger partial charge in [0.15, 0.2) is 0 Å². The highest BCUT2D eigenvalue weighted by Gasteiger charge is 2.36. The molecule has 5 heteroatoms. The van der Waals surface area contributed by atoms with Crippen molar-refractivity contribution in [2.45, 2.75) is 6.92 Å². The van der Waals surface area contributed by atoms with E-state index in [4.69, 9.17) is 5.21 Å². The van der Waals surface area contributed by atoms with E-state index in [2.05, 4.69) is 5.16 Å². The molecule has 1 heterocycles. The van der Waals surface area contributed by atoms with Crippen LogP contribution in [0.5, 0.6) is 0 Å². The molecule has 3 rings (SSSR count). The third kappa shape index (κ3) is 1.99. The molecule has 1 N–H and O–H groups in total. The topological polar surface area (TPSA) is 70.0 Å². The standard InChI is InChI=1S/C16H12N2O3/c1-10(17-21)11-6-8-12(9-7-11)18-15(19)13-4-2-3-5-14(13)16(18)20/h2-9,21H,1H3/b17-10+. The lowest BCUT2D eigenvalue weighted by Crippen LogP contribution is -2.29. The number of amides is 2. The molecule has 0 radical (unpaired) electrons. The molecule has 1 aliphatic heterocycles. The van der Waals surface area contributed by atoms with Crippen LogP contribution in [0.2, 0.25) is 0 Å². The average Bonchev–Trinajstić information content (AvgIpc) is 2.79. The quantitative estimate of drug-likeness (QED) is 0.398. The summed E-state index contributed by atoms with van der Waals surface area (Å²) < 4.78 is 0. The molecule has 0 aliphatic carbocycles. The first kappa shape index (κ1) is 13.1. The Morgan fingerprint density at radius 1 is 0.952 bits per heavy atom. The summed E-state index contributed by atoms with van der Waals surface area (Å²) in [5.41, 5.74) is 2.51. The van der Waals surface area contributed by atoms with Crippen molar-refractivity contribution < 1.29 is 14.8 Å². The minimum absolute atomic E-state index is 0.323. The minimum Gasteiger partial charge on any atom is -0.411 e. The number of benzene rings is 2. The van der Waals surface area contributed by atoms with Gasteiger partial charge in [-0.3, -0.25) is 9.59 Å². The van der Waals surface area contributed by atoms with E-state index in [1.165, 1.54) is 0 Å². The van der Waals surface area contributed by atoms with Gasteiger partial charge in [0.05, 0.1) is 22.5 Å². The van der Waals surface area contributed by atoms with Crippen molar-refractivity contribution in [3.8, 4) is 0 Å². The van der Waals surface area contributed by atoms with Gasteiger partial charge in [0.25, 0.3) is 11.8 Å². The summed E-state index contributed by atoms with van der Waals surface area (Å²) >= 11 is 0. The first-order chi connectivity index (χ1) is 10.1. The number of hydrogen-bond donors (Lipinski definition) is 1. The smallest absolute Gasteiger partial charge is 0.266 e. The van der Waals surface area contributed by atoms with Crippen molar-refractivity contribution in [1.29, 1.82) is 0 Å². The molecular formula is C16H12N2O3. The van der Waals surface area contributed by atoms with Crippen LogP contribution in [0.25, 0.3) is 0 Å². The number of rotatable bonds is 2. The SMILES string of the molecule is C/C(=N\O)c1ccc(N2C(=O)c3ccccc3C2=O)cc1. The van der Waals surface area contributed by atoms with E-state index >= 15 is 0 Å². The zero-order valence-electron chi connectivity index (χ0n) is 11.3. The molecule has 0 aromatic heterocycles. The van der Waals surface area contributed by atoms with E-state index < -0.39 is 0 Å². The van der Waals surface area contributed by atoms with Crippen LogP contribution in [0.3, 0.4) is 0 Å². The van der Waals surface area contributed by atoms with Gasteiger partial charge >= 0.3 is 0 Å². The monoisotopic (exact) mass is 280 g/mol. The second-order valence-electron chi connectivity index (χ2n) is 4.72. The summed E-state index contributed by atoms with van der Waals surface area (Å²) in [4.78, 5) is 25.8. The Bertz CT molecular complexity index is 728. The maximum absolute atomic E-state index is 12.3. The van der Waals surface area contributed by atoms with Crippen LogP contribution in [-0.2, 0) is 0 Å². The molecule has 0 unspecified atom stereocenters. The van der Waals surface area contributed by atoms with Crippen molar-refractivity contribution in [2.24, 2.45) is 5.16 Å². The molecule has 104 valence electrons. The first-order valence-corrected chi connectivity index (χ1v) is 6.40. The first-order valence-electron chi connectivity index (χ1n) is 6.40. The van der Waals surface area contributed by atoms with E-state index in [-0.39, 0.29) is 11.8 Å². The van der Waals surface area contributed by atoms with Gasteiger partial charge in [0.1, 0.15) is 0 Å². The number of hydrogen-bond acceptors (Lipinski definition) is 4.